The molecular weight excluding hydrogens is 210 g/mol. The first-order chi connectivity index (χ1) is 7.09. The molecule has 2 rings (SSSR count). The van der Waals surface area contributed by atoms with Gasteiger partial charge < -0.3 is 4.90 Å². The van der Waals surface area contributed by atoms with E-state index in [2.05, 4.69) is 0 Å². The molecule has 1 unspecified atom stereocenters. The Morgan fingerprint density at radius 1 is 1.47 bits per heavy atom. The van der Waals surface area contributed by atoms with Gasteiger partial charge in [0, 0.05) is 23.2 Å². The van der Waals surface area contributed by atoms with Gasteiger partial charge in [0.25, 0.3) is 0 Å². The molecule has 0 N–H and O–H groups in total. The molecule has 1 aromatic rings. The Morgan fingerprint density at radius 2 is 2.20 bits per heavy atom. The zero-order chi connectivity index (χ0) is 11.0. The van der Waals surface area contributed by atoms with Crippen LogP contribution in [0.3, 0.4) is 0 Å². The summed E-state index contributed by atoms with van der Waals surface area (Å²) in [6.45, 7) is 4.73. The fraction of sp³-hybridized carbons (Fsp3) is 0.417. The van der Waals surface area contributed by atoms with Gasteiger partial charge in [-0.05, 0) is 31.0 Å². The fourth-order valence-corrected chi connectivity index (χ4v) is 2.00. The normalized spacial score (nSPS) is 21.1. The second-order valence-electron chi connectivity index (χ2n) is 4.11. The van der Waals surface area contributed by atoms with Crippen molar-refractivity contribution in [3.8, 4) is 0 Å². The summed E-state index contributed by atoms with van der Waals surface area (Å²) in [6, 6.07) is 5.78. The molecule has 80 valence electrons. The molecule has 3 heteroatoms. The Bertz CT molecular complexity index is 403. The molecule has 0 bridgehead atoms. The van der Waals surface area contributed by atoms with E-state index in [-0.39, 0.29) is 11.8 Å². The van der Waals surface area contributed by atoms with Gasteiger partial charge in [-0.15, -0.1) is 0 Å². The smallest absolute Gasteiger partial charge is 0.229 e. The lowest BCUT2D eigenvalue weighted by Crippen LogP contribution is -2.26. The molecule has 1 amide bonds. The van der Waals surface area contributed by atoms with Gasteiger partial charge in [0.05, 0.1) is 0 Å². The third-order valence-electron chi connectivity index (χ3n) is 2.94. The van der Waals surface area contributed by atoms with Gasteiger partial charge in [-0.25, -0.2) is 0 Å². The second kappa shape index (κ2) is 3.86. The minimum absolute atomic E-state index is 0.144. The number of carbonyl (C=O) groups excluding carboxylic acids is 1. The molecule has 1 aliphatic heterocycles. The quantitative estimate of drug-likeness (QED) is 0.717. The van der Waals surface area contributed by atoms with Crippen molar-refractivity contribution < 1.29 is 4.79 Å². The second-order valence-corrected chi connectivity index (χ2v) is 4.52. The first-order valence-electron chi connectivity index (χ1n) is 5.17. The molecule has 1 atom stereocenters. The van der Waals surface area contributed by atoms with Crippen LogP contribution in [0.1, 0.15) is 18.9 Å². The molecular formula is C12H14ClNO. The summed E-state index contributed by atoms with van der Waals surface area (Å²) in [5, 5.41) is 0.722. The third kappa shape index (κ3) is 1.86. The minimum Gasteiger partial charge on any atom is -0.312 e. The molecule has 0 radical (unpaired) electrons. The Balaban J connectivity index is 2.31. The maximum absolute atomic E-state index is 11.8. The maximum Gasteiger partial charge on any atom is 0.229 e. The van der Waals surface area contributed by atoms with Gasteiger partial charge in [-0.3, -0.25) is 4.79 Å². The van der Waals surface area contributed by atoms with Crippen molar-refractivity contribution in [2.24, 2.45) is 5.92 Å². The summed E-state index contributed by atoms with van der Waals surface area (Å²) in [6.07, 6.45) is 0.935. The highest BCUT2D eigenvalue weighted by Crippen LogP contribution is 2.28. The monoisotopic (exact) mass is 223 g/mol. The number of hydrogen-bond donors (Lipinski definition) is 0. The highest BCUT2D eigenvalue weighted by atomic mass is 35.5. The Hall–Kier alpha value is -1.02. The lowest BCUT2D eigenvalue weighted by Gasteiger charge is -2.16. The van der Waals surface area contributed by atoms with E-state index in [1.807, 2.05) is 36.9 Å². The predicted octanol–water partition coefficient (Wildman–Crippen LogP) is 3.02. The van der Waals surface area contributed by atoms with Gasteiger partial charge in [0.15, 0.2) is 0 Å². The van der Waals surface area contributed by atoms with Crippen LogP contribution in [0.4, 0.5) is 5.69 Å². The first kappa shape index (κ1) is 10.5. The number of amides is 1. The summed E-state index contributed by atoms with van der Waals surface area (Å²) >= 11 is 6.04. The van der Waals surface area contributed by atoms with Crippen LogP contribution in [0.25, 0.3) is 0 Å². The van der Waals surface area contributed by atoms with Crippen molar-refractivity contribution in [1.29, 1.82) is 0 Å². The highest BCUT2D eigenvalue weighted by Gasteiger charge is 2.28. The minimum atomic E-state index is 0.144. The van der Waals surface area contributed by atoms with Crippen molar-refractivity contribution in [3.63, 3.8) is 0 Å². The zero-order valence-corrected chi connectivity index (χ0v) is 9.71. The van der Waals surface area contributed by atoms with Crippen LogP contribution < -0.4 is 4.90 Å². The van der Waals surface area contributed by atoms with Gasteiger partial charge in [-0.1, -0.05) is 24.6 Å². The number of benzene rings is 1. The van der Waals surface area contributed by atoms with Gasteiger partial charge >= 0.3 is 0 Å². The van der Waals surface area contributed by atoms with Gasteiger partial charge in [0.1, 0.15) is 0 Å². The number of carbonyl (C=O) groups is 1. The molecule has 0 aromatic heterocycles. The third-order valence-corrected chi connectivity index (χ3v) is 3.35. The summed E-state index contributed by atoms with van der Waals surface area (Å²) < 4.78 is 0. The SMILES string of the molecule is Cc1ccc(N2CCC(C)C2=O)cc1Cl. The standard InChI is InChI=1S/C12H14ClNO/c1-8-3-4-10(7-11(8)13)14-6-5-9(2)12(14)15/h3-4,7,9H,5-6H2,1-2H3. The topological polar surface area (TPSA) is 20.3 Å². The van der Waals surface area contributed by atoms with Crippen molar-refractivity contribution in [2.45, 2.75) is 20.3 Å². The number of rotatable bonds is 1. The average molecular weight is 224 g/mol. The van der Waals surface area contributed by atoms with Crippen LogP contribution in [0.2, 0.25) is 5.02 Å². The van der Waals surface area contributed by atoms with Crippen molar-refractivity contribution in [2.75, 3.05) is 11.4 Å². The summed E-state index contributed by atoms with van der Waals surface area (Å²) in [5.41, 5.74) is 1.96. The largest absolute Gasteiger partial charge is 0.312 e. The van der Waals surface area contributed by atoms with Crippen LogP contribution in [0.15, 0.2) is 18.2 Å². The molecule has 1 aliphatic rings. The maximum atomic E-state index is 11.8. The number of nitrogens with zero attached hydrogens (tertiary/aromatic N) is 1. The molecule has 1 saturated heterocycles. The molecule has 0 aliphatic carbocycles. The summed E-state index contributed by atoms with van der Waals surface area (Å²) in [7, 11) is 0. The Labute approximate surface area is 94.8 Å². The molecule has 1 aromatic carbocycles. The molecule has 15 heavy (non-hydrogen) atoms. The highest BCUT2D eigenvalue weighted by molar-refractivity contribution is 6.31. The van der Waals surface area contributed by atoms with E-state index in [1.165, 1.54) is 0 Å². The first-order valence-corrected chi connectivity index (χ1v) is 5.55. The van der Waals surface area contributed by atoms with Crippen LogP contribution in [-0.2, 0) is 4.79 Å². The number of hydrogen-bond acceptors (Lipinski definition) is 1. The zero-order valence-electron chi connectivity index (χ0n) is 8.96. The number of anilines is 1. The lowest BCUT2D eigenvalue weighted by atomic mass is 10.1. The van der Waals surface area contributed by atoms with Crippen molar-refractivity contribution >= 4 is 23.2 Å². The summed E-state index contributed by atoms with van der Waals surface area (Å²) in [5.74, 6) is 0.347. The van der Waals surface area contributed by atoms with E-state index in [0.29, 0.717) is 0 Å². The molecule has 2 nitrogen and oxygen atoms in total. The number of halogens is 1. The molecule has 1 fully saturated rings. The van der Waals surface area contributed by atoms with E-state index in [1.54, 1.807) is 0 Å². The van der Waals surface area contributed by atoms with Crippen LogP contribution in [-0.4, -0.2) is 12.5 Å². The van der Waals surface area contributed by atoms with Gasteiger partial charge in [-0.2, -0.15) is 0 Å². The Morgan fingerprint density at radius 3 is 2.73 bits per heavy atom. The fourth-order valence-electron chi connectivity index (χ4n) is 1.83. The van der Waals surface area contributed by atoms with E-state index < -0.39 is 0 Å². The van der Waals surface area contributed by atoms with Crippen LogP contribution in [0, 0.1) is 12.8 Å². The van der Waals surface area contributed by atoms with Crippen molar-refractivity contribution in [3.05, 3.63) is 28.8 Å². The average Bonchev–Trinajstić information content (AvgIpc) is 2.53. The van der Waals surface area contributed by atoms with Crippen LogP contribution >= 0.6 is 11.6 Å². The lowest BCUT2D eigenvalue weighted by molar-refractivity contribution is -0.119. The van der Waals surface area contributed by atoms with E-state index in [0.717, 1.165) is 29.2 Å². The van der Waals surface area contributed by atoms with Gasteiger partial charge in [0.2, 0.25) is 5.91 Å². The van der Waals surface area contributed by atoms with Crippen molar-refractivity contribution in [1.82, 2.24) is 0 Å². The molecule has 0 saturated carbocycles. The van der Waals surface area contributed by atoms with Crippen LogP contribution in [0.5, 0.6) is 0 Å². The molecule has 0 spiro atoms. The Kier molecular flexibility index (Phi) is 2.70. The number of aryl methyl sites for hydroxylation is 1. The molecule has 1 heterocycles. The predicted molar refractivity (Wildman–Crippen MR) is 62.3 cm³/mol. The van der Waals surface area contributed by atoms with E-state index in [9.17, 15) is 4.79 Å². The van der Waals surface area contributed by atoms with E-state index >= 15 is 0 Å². The van der Waals surface area contributed by atoms with E-state index in [4.69, 9.17) is 11.6 Å². The summed E-state index contributed by atoms with van der Waals surface area (Å²) in [4.78, 5) is 13.6.